The van der Waals surface area contributed by atoms with E-state index in [0.29, 0.717) is 11.7 Å². The fourth-order valence-corrected chi connectivity index (χ4v) is 1.94. The second kappa shape index (κ2) is 4.12. The minimum absolute atomic E-state index is 0.419. The SMILES string of the molecule is CCc1ccc2nc(N)c(C(C)C)cc2c1. The number of pyridine rings is 1. The molecule has 2 nitrogen and oxygen atoms in total. The molecule has 0 aliphatic rings. The number of benzene rings is 1. The van der Waals surface area contributed by atoms with Crippen molar-refractivity contribution < 1.29 is 0 Å². The summed E-state index contributed by atoms with van der Waals surface area (Å²) < 4.78 is 0. The molecule has 0 radical (unpaired) electrons. The lowest BCUT2D eigenvalue weighted by Gasteiger charge is -2.10. The van der Waals surface area contributed by atoms with Crippen LogP contribution in [0.1, 0.15) is 37.8 Å². The second-order valence-electron chi connectivity index (χ2n) is 4.50. The van der Waals surface area contributed by atoms with E-state index in [9.17, 15) is 0 Å². The van der Waals surface area contributed by atoms with Crippen molar-refractivity contribution in [3.8, 4) is 0 Å². The van der Waals surface area contributed by atoms with Gasteiger partial charge in [0, 0.05) is 5.39 Å². The summed E-state index contributed by atoms with van der Waals surface area (Å²) in [6.45, 7) is 6.45. The zero-order chi connectivity index (χ0) is 11.7. The number of fused-ring (bicyclic) bond motifs is 1. The molecule has 0 aliphatic heterocycles. The van der Waals surface area contributed by atoms with E-state index in [1.807, 2.05) is 0 Å². The van der Waals surface area contributed by atoms with Crippen molar-refractivity contribution in [2.75, 3.05) is 5.73 Å². The van der Waals surface area contributed by atoms with Crippen molar-refractivity contribution in [1.29, 1.82) is 0 Å². The van der Waals surface area contributed by atoms with Gasteiger partial charge in [-0.3, -0.25) is 0 Å². The first-order valence-corrected chi connectivity index (χ1v) is 5.81. The number of hydrogen-bond acceptors (Lipinski definition) is 2. The summed E-state index contributed by atoms with van der Waals surface area (Å²) in [5.41, 5.74) is 9.41. The molecular formula is C14H18N2. The van der Waals surface area contributed by atoms with Crippen LogP contribution in [-0.4, -0.2) is 4.98 Å². The van der Waals surface area contributed by atoms with Crippen molar-refractivity contribution in [3.05, 3.63) is 35.4 Å². The van der Waals surface area contributed by atoms with Crippen LogP contribution < -0.4 is 5.73 Å². The number of aryl methyl sites for hydroxylation is 1. The third-order valence-electron chi connectivity index (χ3n) is 2.97. The molecule has 2 N–H and O–H groups in total. The number of nitrogens with zero attached hydrogens (tertiary/aromatic N) is 1. The van der Waals surface area contributed by atoms with Crippen LogP contribution in [0.25, 0.3) is 10.9 Å². The zero-order valence-corrected chi connectivity index (χ0v) is 10.1. The Morgan fingerprint density at radius 1 is 1.25 bits per heavy atom. The highest BCUT2D eigenvalue weighted by atomic mass is 14.8. The Labute approximate surface area is 96.5 Å². The molecule has 0 saturated carbocycles. The first kappa shape index (κ1) is 10.9. The molecular weight excluding hydrogens is 196 g/mol. The van der Waals surface area contributed by atoms with Crippen LogP contribution in [0.3, 0.4) is 0 Å². The van der Waals surface area contributed by atoms with Gasteiger partial charge in [0.1, 0.15) is 5.82 Å². The summed E-state index contributed by atoms with van der Waals surface area (Å²) in [4.78, 5) is 4.45. The van der Waals surface area contributed by atoms with Gasteiger partial charge in [0.25, 0.3) is 0 Å². The second-order valence-corrected chi connectivity index (χ2v) is 4.50. The molecule has 0 bridgehead atoms. The molecule has 0 saturated heterocycles. The van der Waals surface area contributed by atoms with Crippen molar-refractivity contribution in [2.24, 2.45) is 0 Å². The molecule has 2 aromatic rings. The molecule has 2 heteroatoms. The highest BCUT2D eigenvalue weighted by Crippen LogP contribution is 2.25. The quantitative estimate of drug-likeness (QED) is 0.831. The van der Waals surface area contributed by atoms with Gasteiger partial charge < -0.3 is 5.73 Å². The van der Waals surface area contributed by atoms with E-state index in [1.54, 1.807) is 0 Å². The first-order chi connectivity index (χ1) is 7.61. The third kappa shape index (κ3) is 1.87. The molecule has 2 rings (SSSR count). The van der Waals surface area contributed by atoms with Gasteiger partial charge in [0.15, 0.2) is 0 Å². The number of nitrogen functional groups attached to an aromatic ring is 1. The molecule has 0 aliphatic carbocycles. The van der Waals surface area contributed by atoms with E-state index in [1.165, 1.54) is 10.9 Å². The number of anilines is 1. The van der Waals surface area contributed by atoms with Crippen molar-refractivity contribution in [3.63, 3.8) is 0 Å². The summed E-state index contributed by atoms with van der Waals surface area (Å²) in [6.07, 6.45) is 1.05. The van der Waals surface area contributed by atoms with Crippen molar-refractivity contribution in [1.82, 2.24) is 4.98 Å². The smallest absolute Gasteiger partial charge is 0.127 e. The van der Waals surface area contributed by atoms with Gasteiger partial charge >= 0.3 is 0 Å². The number of nitrogens with two attached hydrogens (primary N) is 1. The highest BCUT2D eigenvalue weighted by Gasteiger charge is 2.07. The maximum Gasteiger partial charge on any atom is 0.127 e. The lowest BCUT2D eigenvalue weighted by Crippen LogP contribution is -2.00. The van der Waals surface area contributed by atoms with E-state index in [4.69, 9.17) is 5.73 Å². The maximum absolute atomic E-state index is 5.95. The molecule has 1 aromatic heterocycles. The Balaban J connectivity index is 2.65. The molecule has 1 aromatic carbocycles. The van der Waals surface area contributed by atoms with Gasteiger partial charge in [-0.15, -0.1) is 0 Å². The van der Waals surface area contributed by atoms with Crippen LogP contribution in [0.2, 0.25) is 0 Å². The molecule has 84 valence electrons. The van der Waals surface area contributed by atoms with E-state index in [0.717, 1.165) is 17.5 Å². The van der Waals surface area contributed by atoms with Crippen molar-refractivity contribution in [2.45, 2.75) is 33.1 Å². The standard InChI is InChI=1S/C14H18N2/c1-4-10-5-6-13-11(7-10)8-12(9(2)3)14(15)16-13/h5-9H,4H2,1-3H3,(H2,15,16). The van der Waals surface area contributed by atoms with Crippen LogP contribution in [0, 0.1) is 0 Å². The number of hydrogen-bond donors (Lipinski definition) is 1. The predicted octanol–water partition coefficient (Wildman–Crippen LogP) is 3.50. The number of aromatic nitrogens is 1. The minimum atomic E-state index is 0.419. The number of rotatable bonds is 2. The molecule has 16 heavy (non-hydrogen) atoms. The van der Waals surface area contributed by atoms with Gasteiger partial charge in [-0.2, -0.15) is 0 Å². The summed E-state index contributed by atoms with van der Waals surface area (Å²) in [6, 6.07) is 8.54. The van der Waals surface area contributed by atoms with Crippen LogP contribution in [0.15, 0.2) is 24.3 Å². The topological polar surface area (TPSA) is 38.9 Å². The fraction of sp³-hybridized carbons (Fsp3) is 0.357. The minimum Gasteiger partial charge on any atom is -0.383 e. The molecule has 0 fully saturated rings. The maximum atomic E-state index is 5.95. The Morgan fingerprint density at radius 2 is 2.00 bits per heavy atom. The van der Waals surface area contributed by atoms with E-state index >= 15 is 0 Å². The van der Waals surface area contributed by atoms with E-state index in [2.05, 4.69) is 50.0 Å². The van der Waals surface area contributed by atoms with Crippen LogP contribution in [0.5, 0.6) is 0 Å². The summed E-state index contributed by atoms with van der Waals surface area (Å²) >= 11 is 0. The molecule has 0 spiro atoms. The van der Waals surface area contributed by atoms with Gasteiger partial charge in [-0.05, 0) is 41.7 Å². The normalized spacial score (nSPS) is 11.2. The lowest BCUT2D eigenvalue weighted by molar-refractivity contribution is 0.866. The van der Waals surface area contributed by atoms with Gasteiger partial charge in [0.2, 0.25) is 0 Å². The predicted molar refractivity (Wildman–Crippen MR) is 69.6 cm³/mol. The Morgan fingerprint density at radius 3 is 2.62 bits per heavy atom. The average molecular weight is 214 g/mol. The lowest BCUT2D eigenvalue weighted by atomic mass is 10.0. The largest absolute Gasteiger partial charge is 0.383 e. The van der Waals surface area contributed by atoms with Gasteiger partial charge in [-0.25, -0.2) is 4.98 Å². The monoisotopic (exact) mass is 214 g/mol. The third-order valence-corrected chi connectivity index (χ3v) is 2.97. The summed E-state index contributed by atoms with van der Waals surface area (Å²) in [5, 5.41) is 1.19. The Hall–Kier alpha value is -1.57. The van der Waals surface area contributed by atoms with E-state index in [-0.39, 0.29) is 0 Å². The highest BCUT2D eigenvalue weighted by molar-refractivity contribution is 5.82. The van der Waals surface area contributed by atoms with Crippen molar-refractivity contribution >= 4 is 16.7 Å². The fourth-order valence-electron chi connectivity index (χ4n) is 1.94. The zero-order valence-electron chi connectivity index (χ0n) is 10.1. The van der Waals surface area contributed by atoms with Crippen LogP contribution >= 0.6 is 0 Å². The van der Waals surface area contributed by atoms with Gasteiger partial charge in [0.05, 0.1) is 5.52 Å². The van der Waals surface area contributed by atoms with Crippen LogP contribution in [-0.2, 0) is 6.42 Å². The average Bonchev–Trinajstić information content (AvgIpc) is 2.27. The molecule has 0 atom stereocenters. The Bertz CT molecular complexity index is 515. The molecule has 0 amide bonds. The summed E-state index contributed by atoms with van der Waals surface area (Å²) in [7, 11) is 0. The van der Waals surface area contributed by atoms with E-state index < -0.39 is 0 Å². The molecule has 0 unspecified atom stereocenters. The molecule has 1 heterocycles. The first-order valence-electron chi connectivity index (χ1n) is 5.81. The Kier molecular flexibility index (Phi) is 2.82. The van der Waals surface area contributed by atoms with Gasteiger partial charge in [-0.1, -0.05) is 26.8 Å². The summed E-state index contributed by atoms with van der Waals surface area (Å²) in [5.74, 6) is 1.08. The van der Waals surface area contributed by atoms with Crippen LogP contribution in [0.4, 0.5) is 5.82 Å².